The monoisotopic (exact) mass is 334 g/mol. The highest BCUT2D eigenvalue weighted by Gasteiger charge is 2.14. The van der Waals surface area contributed by atoms with Crippen molar-refractivity contribution in [2.45, 2.75) is 51.0 Å². The molecule has 2 rings (SSSR count). The van der Waals surface area contributed by atoms with Crippen LogP contribution in [0.4, 0.5) is 0 Å². The molecule has 5 heteroatoms. The molecule has 0 radical (unpaired) electrons. The molecule has 0 saturated heterocycles. The minimum atomic E-state index is 0.158. The van der Waals surface area contributed by atoms with E-state index in [1.54, 1.807) is 7.11 Å². The summed E-state index contributed by atoms with van der Waals surface area (Å²) in [6.07, 6.45) is 7.89. The molecule has 0 atom stereocenters. The van der Waals surface area contributed by atoms with Gasteiger partial charge in [0.25, 0.3) is 0 Å². The van der Waals surface area contributed by atoms with Gasteiger partial charge in [0, 0.05) is 25.6 Å². The predicted octanol–water partition coefficient (Wildman–Crippen LogP) is 2.89. The minimum absolute atomic E-state index is 0.158. The first-order valence-electron chi connectivity index (χ1n) is 9.05. The molecule has 5 nitrogen and oxygen atoms in total. The van der Waals surface area contributed by atoms with Crippen molar-refractivity contribution in [3.05, 3.63) is 24.3 Å². The maximum Gasteiger partial charge on any atom is 0.221 e. The van der Waals surface area contributed by atoms with Crippen LogP contribution in [0.2, 0.25) is 0 Å². The van der Waals surface area contributed by atoms with Gasteiger partial charge >= 0.3 is 0 Å². The Labute approximate surface area is 145 Å². The summed E-state index contributed by atoms with van der Waals surface area (Å²) in [5.41, 5.74) is 0. The lowest BCUT2D eigenvalue weighted by Crippen LogP contribution is -2.36. The van der Waals surface area contributed by atoms with Crippen molar-refractivity contribution in [3.63, 3.8) is 0 Å². The Balaban J connectivity index is 1.50. The smallest absolute Gasteiger partial charge is 0.221 e. The Hall–Kier alpha value is -1.75. The molecule has 1 aromatic rings. The summed E-state index contributed by atoms with van der Waals surface area (Å²) >= 11 is 0. The molecule has 1 saturated carbocycles. The fourth-order valence-electron chi connectivity index (χ4n) is 2.96. The van der Waals surface area contributed by atoms with Crippen molar-refractivity contribution < 1.29 is 14.3 Å². The predicted molar refractivity (Wildman–Crippen MR) is 95.6 cm³/mol. The van der Waals surface area contributed by atoms with Crippen LogP contribution in [0.15, 0.2) is 24.3 Å². The molecule has 134 valence electrons. The lowest BCUT2D eigenvalue weighted by atomic mass is 10.1. The highest BCUT2D eigenvalue weighted by Crippen LogP contribution is 2.17. The highest BCUT2D eigenvalue weighted by molar-refractivity contribution is 5.76. The van der Waals surface area contributed by atoms with Crippen molar-refractivity contribution in [1.82, 2.24) is 10.6 Å². The second-order valence-corrected chi connectivity index (χ2v) is 6.28. The molecule has 2 N–H and O–H groups in total. The van der Waals surface area contributed by atoms with Crippen LogP contribution in [0.1, 0.15) is 44.9 Å². The summed E-state index contributed by atoms with van der Waals surface area (Å²) in [5.74, 6) is 1.80. The van der Waals surface area contributed by atoms with E-state index in [-0.39, 0.29) is 5.91 Å². The third kappa shape index (κ3) is 7.21. The van der Waals surface area contributed by atoms with Crippen LogP contribution in [-0.4, -0.2) is 38.8 Å². The zero-order valence-corrected chi connectivity index (χ0v) is 14.7. The lowest BCUT2D eigenvalue weighted by Gasteiger charge is -2.16. The summed E-state index contributed by atoms with van der Waals surface area (Å²) < 4.78 is 10.7. The summed E-state index contributed by atoms with van der Waals surface area (Å²) in [6, 6.07) is 7.91. The van der Waals surface area contributed by atoms with Crippen LogP contribution < -0.4 is 20.1 Å². The Kier molecular flexibility index (Phi) is 8.46. The summed E-state index contributed by atoms with van der Waals surface area (Å²) in [7, 11) is 1.64. The molecule has 0 aliphatic heterocycles. The lowest BCUT2D eigenvalue weighted by molar-refractivity contribution is -0.121. The first kappa shape index (κ1) is 18.6. The van der Waals surface area contributed by atoms with E-state index < -0.39 is 0 Å². The first-order valence-corrected chi connectivity index (χ1v) is 9.05. The molecule has 1 aliphatic carbocycles. The standard InChI is InChI=1S/C19H30N2O3/c1-23-17-8-10-18(11-9-17)24-15-14-20-13-12-19(22)21-16-6-4-2-3-5-7-16/h8-11,16,20H,2-7,12-15H2,1H3,(H,21,22). The Morgan fingerprint density at radius 1 is 1.04 bits per heavy atom. The summed E-state index contributed by atoms with van der Waals surface area (Å²) in [4.78, 5) is 11.9. The number of benzene rings is 1. The van der Waals surface area contributed by atoms with Crippen molar-refractivity contribution >= 4 is 5.91 Å². The number of hydrogen-bond acceptors (Lipinski definition) is 4. The highest BCUT2D eigenvalue weighted by atomic mass is 16.5. The number of hydrogen-bond donors (Lipinski definition) is 2. The van der Waals surface area contributed by atoms with Crippen LogP contribution in [0, 0.1) is 0 Å². The van der Waals surface area contributed by atoms with E-state index in [9.17, 15) is 4.79 Å². The van der Waals surface area contributed by atoms with Gasteiger partial charge in [-0.05, 0) is 37.1 Å². The van der Waals surface area contributed by atoms with Crippen molar-refractivity contribution in [1.29, 1.82) is 0 Å². The molecule has 0 bridgehead atoms. The third-order valence-corrected chi connectivity index (χ3v) is 4.36. The molecular formula is C19H30N2O3. The molecule has 0 spiro atoms. The molecule has 0 unspecified atom stereocenters. The fraction of sp³-hybridized carbons (Fsp3) is 0.632. The second kappa shape index (κ2) is 10.9. The summed E-state index contributed by atoms with van der Waals surface area (Å²) in [5, 5.41) is 6.41. The largest absolute Gasteiger partial charge is 0.497 e. The van der Waals surface area contributed by atoms with E-state index in [1.165, 1.54) is 25.7 Å². The van der Waals surface area contributed by atoms with Gasteiger partial charge in [-0.25, -0.2) is 0 Å². The van der Waals surface area contributed by atoms with Gasteiger partial charge in [0.15, 0.2) is 0 Å². The number of nitrogens with one attached hydrogen (secondary N) is 2. The molecule has 0 aromatic heterocycles. The Bertz CT molecular complexity index is 468. The van der Waals surface area contributed by atoms with Crippen LogP contribution in [0.25, 0.3) is 0 Å². The zero-order valence-electron chi connectivity index (χ0n) is 14.7. The normalized spacial score (nSPS) is 15.5. The van der Waals surface area contributed by atoms with Crippen LogP contribution in [0.5, 0.6) is 11.5 Å². The van der Waals surface area contributed by atoms with Crippen LogP contribution in [0.3, 0.4) is 0 Å². The minimum Gasteiger partial charge on any atom is -0.497 e. The van der Waals surface area contributed by atoms with Gasteiger partial charge in [0.1, 0.15) is 18.1 Å². The van der Waals surface area contributed by atoms with Gasteiger partial charge in [0.05, 0.1) is 7.11 Å². The molecule has 1 amide bonds. The van der Waals surface area contributed by atoms with E-state index >= 15 is 0 Å². The quantitative estimate of drug-likeness (QED) is 0.538. The average molecular weight is 334 g/mol. The van der Waals surface area contributed by atoms with Gasteiger partial charge < -0.3 is 20.1 Å². The van der Waals surface area contributed by atoms with E-state index in [0.717, 1.165) is 30.9 Å². The van der Waals surface area contributed by atoms with E-state index in [0.29, 0.717) is 25.6 Å². The number of ether oxygens (including phenoxy) is 2. The van der Waals surface area contributed by atoms with Crippen molar-refractivity contribution in [3.8, 4) is 11.5 Å². The molecule has 0 heterocycles. The SMILES string of the molecule is COc1ccc(OCCNCCC(=O)NC2CCCCCC2)cc1. The van der Waals surface area contributed by atoms with Gasteiger partial charge in [-0.1, -0.05) is 25.7 Å². The molecule has 1 aromatic carbocycles. The van der Waals surface area contributed by atoms with Crippen LogP contribution in [-0.2, 0) is 4.79 Å². The topological polar surface area (TPSA) is 59.6 Å². The third-order valence-electron chi connectivity index (χ3n) is 4.36. The van der Waals surface area contributed by atoms with Gasteiger partial charge in [-0.3, -0.25) is 4.79 Å². The van der Waals surface area contributed by atoms with E-state index in [2.05, 4.69) is 10.6 Å². The molecule has 1 aliphatic rings. The van der Waals surface area contributed by atoms with Gasteiger partial charge in [-0.2, -0.15) is 0 Å². The Morgan fingerprint density at radius 3 is 2.38 bits per heavy atom. The molecule has 24 heavy (non-hydrogen) atoms. The molecular weight excluding hydrogens is 304 g/mol. The number of carbonyl (C=O) groups is 1. The summed E-state index contributed by atoms with van der Waals surface area (Å²) in [6.45, 7) is 1.99. The fourth-order valence-corrected chi connectivity index (χ4v) is 2.96. The van der Waals surface area contributed by atoms with Gasteiger partial charge in [0.2, 0.25) is 5.91 Å². The number of methoxy groups -OCH3 is 1. The second-order valence-electron chi connectivity index (χ2n) is 6.28. The number of carbonyl (C=O) groups excluding carboxylic acids is 1. The number of rotatable bonds is 9. The Morgan fingerprint density at radius 2 is 1.71 bits per heavy atom. The van der Waals surface area contributed by atoms with E-state index in [1.807, 2.05) is 24.3 Å². The van der Waals surface area contributed by atoms with E-state index in [4.69, 9.17) is 9.47 Å². The maximum absolute atomic E-state index is 11.9. The zero-order chi connectivity index (χ0) is 17.0. The van der Waals surface area contributed by atoms with Crippen molar-refractivity contribution in [2.75, 3.05) is 26.8 Å². The maximum atomic E-state index is 11.9. The first-order chi connectivity index (χ1) is 11.8. The van der Waals surface area contributed by atoms with Crippen LogP contribution >= 0.6 is 0 Å². The van der Waals surface area contributed by atoms with Gasteiger partial charge in [-0.15, -0.1) is 0 Å². The molecule has 1 fully saturated rings. The number of amides is 1. The average Bonchev–Trinajstić information content (AvgIpc) is 2.87. The van der Waals surface area contributed by atoms with Crippen molar-refractivity contribution in [2.24, 2.45) is 0 Å².